The Kier molecular flexibility index (Phi) is 8.10. The van der Waals surface area contributed by atoms with Gasteiger partial charge in [0, 0.05) is 54.5 Å². The van der Waals surface area contributed by atoms with Crippen LogP contribution in [-0.4, -0.2) is 11.1 Å². The van der Waals surface area contributed by atoms with Crippen LogP contribution < -0.4 is 13.1 Å². The number of hydrogen-bond donors (Lipinski definition) is 1. The predicted octanol–water partition coefficient (Wildman–Crippen LogP) is 6.03. The average molecular weight is 590 g/mol. The Morgan fingerprint density at radius 1 is 1.12 bits per heavy atom. The lowest BCUT2D eigenvalue weighted by atomic mass is 10.1. The van der Waals surface area contributed by atoms with Crippen LogP contribution in [-0.2, 0) is 6.61 Å². The number of hydrogen-bond acceptors (Lipinski definition) is 6. The maximum Gasteiger partial charge on any atom is 0.343 e. The number of carboxylic acid groups (broad SMARTS) is 1. The van der Waals surface area contributed by atoms with Crippen LogP contribution in [0.15, 0.2) is 36.4 Å². The summed E-state index contributed by atoms with van der Waals surface area (Å²) in [5.41, 5.74) is 2.03. The van der Waals surface area contributed by atoms with Crippen LogP contribution in [0.1, 0.15) is 21.5 Å². The lowest BCUT2D eigenvalue weighted by Gasteiger charge is -2.14. The molecule has 0 saturated carbocycles. The Hall–Kier alpha value is -0.530. The molecule has 0 atom stereocenters. The van der Waals surface area contributed by atoms with Crippen molar-refractivity contribution in [1.29, 1.82) is 0 Å². The van der Waals surface area contributed by atoms with Crippen molar-refractivity contribution in [3.8, 4) is 17.2 Å². The Bertz CT molecular complexity index is 727. The molecule has 0 aliphatic heterocycles. The first-order valence-corrected chi connectivity index (χ1v) is 13.1. The van der Waals surface area contributed by atoms with Crippen molar-refractivity contribution in [2.45, 2.75) is 13.5 Å². The minimum atomic E-state index is -1.12. The van der Waals surface area contributed by atoms with E-state index in [0.29, 0.717) is 5.75 Å². The molecule has 0 amide bonds. The largest absolute Gasteiger partial charge is 0.488 e. The highest BCUT2D eigenvalue weighted by Gasteiger charge is 2.21. The molecule has 0 aliphatic carbocycles. The summed E-state index contributed by atoms with van der Waals surface area (Å²) in [6.07, 6.45) is 0. The highest BCUT2D eigenvalue weighted by atomic mass is 127. The van der Waals surface area contributed by atoms with E-state index in [-0.39, 0.29) is 23.7 Å². The van der Waals surface area contributed by atoms with Gasteiger partial charge in [0.1, 0.15) is 42.1 Å². The van der Waals surface area contributed by atoms with E-state index in [2.05, 4.69) is 0 Å². The topological polar surface area (TPSA) is 65.0 Å². The molecular formula is C15H12I2O5S2. The zero-order valence-corrected chi connectivity index (χ0v) is 18.3. The van der Waals surface area contributed by atoms with E-state index in [1.807, 2.05) is 73.6 Å². The zero-order chi connectivity index (χ0) is 17.5. The normalized spacial score (nSPS) is 10.3. The first-order chi connectivity index (χ1) is 11.5. The molecule has 0 saturated heterocycles. The molecule has 1 N–H and O–H groups in total. The van der Waals surface area contributed by atoms with Crippen LogP contribution in [0.25, 0.3) is 0 Å². The third kappa shape index (κ3) is 5.49. The molecule has 2 aromatic rings. The van der Waals surface area contributed by atoms with Crippen LogP contribution in [0.2, 0.25) is 0 Å². The smallest absolute Gasteiger partial charge is 0.343 e. The van der Waals surface area contributed by atoms with Gasteiger partial charge in [0.15, 0.2) is 5.75 Å². The third-order valence-electron chi connectivity index (χ3n) is 2.98. The molecule has 5 nitrogen and oxygen atoms in total. The van der Waals surface area contributed by atoms with Gasteiger partial charge in [-0.05, 0) is 12.5 Å². The minimum Gasteiger partial charge on any atom is -0.488 e. The Balaban J connectivity index is 2.35. The van der Waals surface area contributed by atoms with Crippen LogP contribution in [0.5, 0.6) is 17.2 Å². The standard InChI is InChI=1S/C15H12I2O5S2/c1-9-3-2-4-10(5-9)8-20-12-6-11(21-23-16)7-13(22-24-17)14(12)15(18)19/h2-7H,8H2,1H3,(H,18,19). The SMILES string of the molecule is Cc1cccc(COc2cc(OSI)cc(OSI)c2C(=O)O)c1. The van der Waals surface area contributed by atoms with Crippen molar-refractivity contribution in [1.82, 2.24) is 0 Å². The van der Waals surface area contributed by atoms with E-state index >= 15 is 0 Å². The summed E-state index contributed by atoms with van der Waals surface area (Å²) in [6, 6.07) is 10.9. The van der Waals surface area contributed by atoms with Gasteiger partial charge in [0.2, 0.25) is 0 Å². The molecule has 0 aliphatic rings. The Labute approximate surface area is 172 Å². The summed E-state index contributed by atoms with van der Waals surface area (Å²) >= 11 is 3.91. The molecule has 0 aromatic heterocycles. The molecule has 0 radical (unpaired) electrons. The molecule has 0 unspecified atom stereocenters. The summed E-state index contributed by atoms with van der Waals surface area (Å²) in [7, 11) is 2.15. The number of carbonyl (C=O) groups is 1. The monoisotopic (exact) mass is 590 g/mol. The fraction of sp³-hybridized carbons (Fsp3) is 0.133. The lowest BCUT2D eigenvalue weighted by molar-refractivity contribution is 0.0690. The van der Waals surface area contributed by atoms with Gasteiger partial charge in [-0.15, -0.1) is 0 Å². The van der Waals surface area contributed by atoms with Crippen LogP contribution in [0.3, 0.4) is 0 Å². The molecule has 24 heavy (non-hydrogen) atoms. The second-order valence-electron chi connectivity index (χ2n) is 4.67. The summed E-state index contributed by atoms with van der Waals surface area (Å²) < 4.78 is 16.5. The van der Waals surface area contributed by atoms with Gasteiger partial charge >= 0.3 is 5.97 Å². The van der Waals surface area contributed by atoms with Gasteiger partial charge in [-0.25, -0.2) is 4.79 Å². The number of halogens is 2. The Morgan fingerprint density at radius 3 is 2.46 bits per heavy atom. The van der Waals surface area contributed by atoms with Crippen molar-refractivity contribution < 1.29 is 23.0 Å². The van der Waals surface area contributed by atoms with Crippen LogP contribution in [0, 0.1) is 6.92 Å². The van der Waals surface area contributed by atoms with E-state index in [9.17, 15) is 9.90 Å². The number of rotatable bonds is 8. The van der Waals surface area contributed by atoms with Gasteiger partial charge < -0.3 is 18.2 Å². The summed E-state index contributed by atoms with van der Waals surface area (Å²) in [5, 5.41) is 9.52. The first-order valence-electron chi connectivity index (χ1n) is 6.55. The van der Waals surface area contributed by atoms with E-state index in [1.165, 1.54) is 6.07 Å². The molecule has 0 bridgehead atoms. The van der Waals surface area contributed by atoms with E-state index in [0.717, 1.165) is 29.6 Å². The van der Waals surface area contributed by atoms with Crippen molar-refractivity contribution >= 4 is 66.8 Å². The predicted molar refractivity (Wildman–Crippen MR) is 113 cm³/mol. The molecule has 128 valence electrons. The van der Waals surface area contributed by atoms with Gasteiger partial charge in [-0.3, -0.25) is 0 Å². The molecular weight excluding hydrogens is 578 g/mol. The molecule has 2 aromatic carbocycles. The number of benzene rings is 2. The van der Waals surface area contributed by atoms with E-state index in [1.54, 1.807) is 6.07 Å². The molecule has 2 rings (SSSR count). The second kappa shape index (κ2) is 9.82. The fourth-order valence-electron chi connectivity index (χ4n) is 2.04. The van der Waals surface area contributed by atoms with Crippen molar-refractivity contribution in [2.24, 2.45) is 0 Å². The number of aromatic carboxylic acids is 1. The molecule has 0 fully saturated rings. The quantitative estimate of drug-likeness (QED) is 0.298. The van der Waals surface area contributed by atoms with E-state index in [4.69, 9.17) is 13.1 Å². The lowest BCUT2D eigenvalue weighted by Crippen LogP contribution is -2.06. The third-order valence-corrected chi connectivity index (χ3v) is 4.56. The summed E-state index contributed by atoms with van der Waals surface area (Å²) in [6.45, 7) is 2.24. The van der Waals surface area contributed by atoms with Crippen LogP contribution >= 0.6 is 60.8 Å². The number of carboxylic acids is 1. The first kappa shape index (κ1) is 19.8. The van der Waals surface area contributed by atoms with Crippen LogP contribution in [0.4, 0.5) is 0 Å². The van der Waals surface area contributed by atoms with Gasteiger partial charge in [-0.2, -0.15) is 0 Å². The maximum atomic E-state index is 11.6. The molecule has 0 spiro atoms. The number of ether oxygens (including phenoxy) is 1. The summed E-state index contributed by atoms with van der Waals surface area (Å²) in [5.74, 6) is -0.279. The zero-order valence-electron chi connectivity index (χ0n) is 12.3. The van der Waals surface area contributed by atoms with Crippen molar-refractivity contribution in [2.75, 3.05) is 0 Å². The fourth-order valence-corrected chi connectivity index (χ4v) is 3.61. The molecule has 0 heterocycles. The Morgan fingerprint density at radius 2 is 1.83 bits per heavy atom. The van der Waals surface area contributed by atoms with Crippen molar-refractivity contribution in [3.63, 3.8) is 0 Å². The van der Waals surface area contributed by atoms with E-state index < -0.39 is 5.97 Å². The highest BCUT2D eigenvalue weighted by molar-refractivity contribution is 14.2. The summed E-state index contributed by atoms with van der Waals surface area (Å²) in [4.78, 5) is 11.6. The number of aryl methyl sites for hydroxylation is 1. The van der Waals surface area contributed by atoms with Gasteiger partial charge in [-0.1, -0.05) is 29.8 Å². The molecule has 9 heteroatoms. The average Bonchev–Trinajstić information content (AvgIpc) is 2.53. The second-order valence-corrected chi connectivity index (χ2v) is 7.41. The van der Waals surface area contributed by atoms with Gasteiger partial charge in [0.25, 0.3) is 0 Å². The maximum absolute atomic E-state index is 11.6. The minimum absolute atomic E-state index is 0.0300. The van der Waals surface area contributed by atoms with Gasteiger partial charge in [0.05, 0.1) is 0 Å². The highest BCUT2D eigenvalue weighted by Crippen LogP contribution is 2.38. The van der Waals surface area contributed by atoms with Crippen molar-refractivity contribution in [3.05, 3.63) is 53.1 Å².